The Morgan fingerprint density at radius 3 is 1.18 bits per heavy atom. The van der Waals surface area contributed by atoms with Crippen molar-refractivity contribution in [1.82, 2.24) is 0 Å². The lowest BCUT2D eigenvalue weighted by Gasteiger charge is -2.33. The molecule has 0 aromatic heterocycles. The van der Waals surface area contributed by atoms with Crippen molar-refractivity contribution in [3.63, 3.8) is 0 Å². The van der Waals surface area contributed by atoms with Crippen LogP contribution in [0.5, 0.6) is 0 Å². The molecule has 8 heteroatoms. The van der Waals surface area contributed by atoms with Gasteiger partial charge in [0.15, 0.2) is 0 Å². The fraction of sp³-hybridized carbons (Fsp3) is 0. The van der Waals surface area contributed by atoms with Crippen LogP contribution < -0.4 is 10.0 Å². The average molecular weight is 380 g/mol. The number of anilines is 2. The summed E-state index contributed by atoms with van der Waals surface area (Å²) in [7, 11) is 0. The molecule has 2 rings (SSSR count). The Morgan fingerprint density at radius 2 is 0.893 bits per heavy atom. The highest BCUT2D eigenvalue weighted by Gasteiger charge is 2.27. The zero-order chi connectivity index (χ0) is 20.5. The molecule has 0 saturated heterocycles. The predicted molar refractivity (Wildman–Crippen MR) is 101 cm³/mol. The summed E-state index contributed by atoms with van der Waals surface area (Å²) in [6.45, 7) is 0. The molecule has 2 aromatic rings. The third kappa shape index (κ3) is 5.40. The molecule has 142 valence electrons. The number of hydrogen-bond acceptors (Lipinski definition) is 4. The summed E-state index contributed by atoms with van der Waals surface area (Å²) in [6, 6.07) is 16.2. The molecule has 0 heterocycles. The minimum Gasteiger partial charge on any atom is -0.478 e. The highest BCUT2D eigenvalue weighted by molar-refractivity contribution is 6.14. The Kier molecular flexibility index (Phi) is 6.81. The number of carboxylic acids is 2. The normalized spacial score (nSPS) is 10.7. The first-order valence-corrected chi connectivity index (χ1v) is 8.00. The maximum atomic E-state index is 12.7. The Labute approximate surface area is 160 Å². The Bertz CT molecular complexity index is 845. The first kappa shape index (κ1) is 20.1. The van der Waals surface area contributed by atoms with Gasteiger partial charge in [-0.25, -0.2) is 19.6 Å². The second kappa shape index (κ2) is 9.48. The number of hydrazine groups is 1. The van der Waals surface area contributed by atoms with E-state index in [1.165, 1.54) is 0 Å². The van der Waals surface area contributed by atoms with E-state index in [9.17, 15) is 19.2 Å². The van der Waals surface area contributed by atoms with Crippen molar-refractivity contribution in [2.45, 2.75) is 0 Å². The zero-order valence-corrected chi connectivity index (χ0v) is 14.5. The standard InChI is InChI=1S/C20H16N2O6/c23-17(11-13-19(25)26)21(15-7-3-1-4-8-15)22(16-9-5-2-6-10-16)18(24)12-14-20(27)28/h1-14H,(H,25,26)(H,27,28)/b13-11-,14-12-. The molecule has 0 bridgehead atoms. The average Bonchev–Trinajstić information content (AvgIpc) is 2.69. The number of carbonyl (C=O) groups is 4. The van der Waals surface area contributed by atoms with Gasteiger partial charge in [0.05, 0.1) is 11.4 Å². The molecule has 0 radical (unpaired) electrons. The predicted octanol–water partition coefficient (Wildman–Crippen LogP) is 2.25. The Balaban J connectivity index is 2.60. The maximum Gasteiger partial charge on any atom is 0.328 e. The topological polar surface area (TPSA) is 115 Å². The van der Waals surface area contributed by atoms with E-state index in [0.717, 1.165) is 22.2 Å². The number of rotatable bonds is 6. The van der Waals surface area contributed by atoms with Crippen LogP contribution in [0.2, 0.25) is 0 Å². The number of aliphatic carboxylic acids is 2. The van der Waals surface area contributed by atoms with E-state index >= 15 is 0 Å². The minimum atomic E-state index is -1.33. The second-order valence-electron chi connectivity index (χ2n) is 5.31. The van der Waals surface area contributed by atoms with Crippen LogP contribution in [0, 0.1) is 0 Å². The van der Waals surface area contributed by atoms with E-state index in [1.807, 2.05) is 0 Å². The number of para-hydroxylation sites is 2. The van der Waals surface area contributed by atoms with Crippen LogP contribution >= 0.6 is 0 Å². The van der Waals surface area contributed by atoms with Gasteiger partial charge in [0.2, 0.25) is 0 Å². The molecule has 2 aromatic carbocycles. The van der Waals surface area contributed by atoms with Crippen molar-refractivity contribution in [1.29, 1.82) is 0 Å². The molecular weight excluding hydrogens is 364 g/mol. The van der Waals surface area contributed by atoms with Crippen LogP contribution in [0.3, 0.4) is 0 Å². The smallest absolute Gasteiger partial charge is 0.328 e. The molecule has 0 aliphatic heterocycles. The van der Waals surface area contributed by atoms with Gasteiger partial charge >= 0.3 is 11.9 Å². The van der Waals surface area contributed by atoms with Crippen molar-refractivity contribution in [3.05, 3.63) is 85.0 Å². The summed E-state index contributed by atoms with van der Waals surface area (Å²) in [5.41, 5.74) is 0.562. The first-order valence-electron chi connectivity index (χ1n) is 8.00. The van der Waals surface area contributed by atoms with Crippen molar-refractivity contribution in [2.75, 3.05) is 10.0 Å². The molecule has 0 atom stereocenters. The summed E-state index contributed by atoms with van der Waals surface area (Å²) >= 11 is 0. The lowest BCUT2D eigenvalue weighted by molar-refractivity contribution is -0.132. The van der Waals surface area contributed by atoms with Crippen molar-refractivity contribution in [2.24, 2.45) is 0 Å². The highest BCUT2D eigenvalue weighted by Crippen LogP contribution is 2.24. The molecule has 0 spiro atoms. The van der Waals surface area contributed by atoms with Gasteiger partial charge in [-0.1, -0.05) is 36.4 Å². The first-order chi connectivity index (χ1) is 13.4. The molecule has 0 saturated carbocycles. The number of carboxylic acid groups (broad SMARTS) is 2. The number of benzene rings is 2. The summed E-state index contributed by atoms with van der Waals surface area (Å²) in [5, 5.41) is 19.5. The van der Waals surface area contributed by atoms with Crippen molar-refractivity contribution < 1.29 is 29.4 Å². The lowest BCUT2D eigenvalue weighted by atomic mass is 10.2. The number of carbonyl (C=O) groups excluding carboxylic acids is 2. The molecule has 8 nitrogen and oxygen atoms in total. The zero-order valence-electron chi connectivity index (χ0n) is 14.5. The van der Waals surface area contributed by atoms with Gasteiger partial charge in [-0.15, -0.1) is 0 Å². The van der Waals surface area contributed by atoms with Crippen molar-refractivity contribution >= 4 is 35.1 Å². The van der Waals surface area contributed by atoms with E-state index in [0.29, 0.717) is 12.2 Å². The molecule has 0 aliphatic carbocycles. The maximum absolute atomic E-state index is 12.7. The Hall–Kier alpha value is -4.20. The van der Waals surface area contributed by atoms with E-state index in [4.69, 9.17) is 10.2 Å². The van der Waals surface area contributed by atoms with E-state index < -0.39 is 23.8 Å². The molecule has 0 fully saturated rings. The molecule has 2 N–H and O–H groups in total. The summed E-state index contributed by atoms with van der Waals surface area (Å²) < 4.78 is 0. The van der Waals surface area contributed by atoms with Crippen LogP contribution in [-0.4, -0.2) is 34.0 Å². The number of nitrogens with zero attached hydrogens (tertiary/aromatic N) is 2. The van der Waals surface area contributed by atoms with Crippen LogP contribution in [-0.2, 0) is 19.2 Å². The quantitative estimate of drug-likeness (QED) is 0.587. The van der Waals surface area contributed by atoms with Gasteiger partial charge < -0.3 is 10.2 Å². The fourth-order valence-electron chi connectivity index (χ4n) is 2.25. The lowest BCUT2D eigenvalue weighted by Crippen LogP contribution is -2.49. The van der Waals surface area contributed by atoms with Gasteiger partial charge in [0, 0.05) is 24.3 Å². The van der Waals surface area contributed by atoms with E-state index in [-0.39, 0.29) is 11.4 Å². The van der Waals surface area contributed by atoms with Crippen LogP contribution in [0.25, 0.3) is 0 Å². The van der Waals surface area contributed by atoms with Crippen LogP contribution in [0.4, 0.5) is 11.4 Å². The van der Waals surface area contributed by atoms with Crippen molar-refractivity contribution in [3.8, 4) is 0 Å². The Morgan fingerprint density at radius 1 is 0.571 bits per heavy atom. The van der Waals surface area contributed by atoms with E-state index in [1.54, 1.807) is 60.7 Å². The largest absolute Gasteiger partial charge is 0.478 e. The SMILES string of the molecule is O=C(O)/C=C\C(=O)N(c1ccccc1)N(C(=O)/C=C\C(=O)O)c1ccccc1. The molecule has 0 unspecified atom stereocenters. The van der Waals surface area contributed by atoms with E-state index in [2.05, 4.69) is 0 Å². The summed E-state index contributed by atoms with van der Waals surface area (Å²) in [4.78, 5) is 47.1. The third-order valence-electron chi connectivity index (χ3n) is 3.36. The summed E-state index contributed by atoms with van der Waals surface area (Å²) in [5.74, 6) is -4.28. The molecule has 0 aliphatic rings. The monoisotopic (exact) mass is 380 g/mol. The van der Waals surface area contributed by atoms with Crippen LogP contribution in [0.1, 0.15) is 0 Å². The minimum absolute atomic E-state index is 0.281. The summed E-state index contributed by atoms with van der Waals surface area (Å²) in [6.07, 6.45) is 2.91. The van der Waals surface area contributed by atoms with Crippen LogP contribution in [0.15, 0.2) is 85.0 Å². The van der Waals surface area contributed by atoms with Gasteiger partial charge in [-0.2, -0.15) is 0 Å². The molecule has 2 amide bonds. The van der Waals surface area contributed by atoms with Gasteiger partial charge in [-0.3, -0.25) is 9.59 Å². The third-order valence-corrected chi connectivity index (χ3v) is 3.36. The number of hydrogen-bond donors (Lipinski definition) is 2. The second-order valence-corrected chi connectivity index (χ2v) is 5.31. The molecular formula is C20H16N2O6. The number of amides is 2. The fourth-order valence-corrected chi connectivity index (χ4v) is 2.25. The van der Waals surface area contributed by atoms with Gasteiger partial charge in [0.25, 0.3) is 11.8 Å². The highest BCUT2D eigenvalue weighted by atomic mass is 16.4. The van der Waals surface area contributed by atoms with Gasteiger partial charge in [-0.05, 0) is 24.3 Å². The van der Waals surface area contributed by atoms with Gasteiger partial charge in [0.1, 0.15) is 0 Å². The molecule has 28 heavy (non-hydrogen) atoms.